The third-order valence-electron chi connectivity index (χ3n) is 5.86. The molecule has 2 aromatic rings. The summed E-state index contributed by atoms with van der Waals surface area (Å²) in [5.74, 6) is -1.52. The molecule has 0 bridgehead atoms. The van der Waals surface area contributed by atoms with Gasteiger partial charge >= 0.3 is 11.9 Å². The quantitative estimate of drug-likeness (QED) is 0.263. The Morgan fingerprint density at radius 1 is 1.21 bits per heavy atom. The number of hydrogen-bond donors (Lipinski definition) is 1. The number of rotatable bonds is 9. The van der Waals surface area contributed by atoms with Gasteiger partial charge in [0.2, 0.25) is 12.7 Å². The second kappa shape index (κ2) is 12.4. The molecule has 4 rings (SSSR count). The Bertz CT molecular complexity index is 1320. The van der Waals surface area contributed by atoms with Crippen LogP contribution in [0.5, 0.6) is 0 Å². The largest absolute Gasteiger partial charge is 0.427 e. The lowest BCUT2D eigenvalue weighted by atomic mass is 9.98. The number of carbonyl (C=O) groups excluding carboxylic acids is 4. The Morgan fingerprint density at radius 2 is 1.95 bits per heavy atom. The van der Waals surface area contributed by atoms with Gasteiger partial charge in [-0.15, -0.1) is 23.1 Å². The molecular weight excluding hydrogens is 559 g/mol. The van der Waals surface area contributed by atoms with Crippen molar-refractivity contribution in [1.29, 1.82) is 0 Å². The highest BCUT2D eigenvalue weighted by Crippen LogP contribution is 2.44. The molecule has 0 unspecified atom stereocenters. The van der Waals surface area contributed by atoms with Crippen molar-refractivity contribution in [3.05, 3.63) is 68.0 Å². The molecule has 12 heteroatoms. The van der Waals surface area contributed by atoms with Gasteiger partial charge < -0.3 is 14.8 Å². The van der Waals surface area contributed by atoms with Gasteiger partial charge in [0.15, 0.2) is 0 Å². The number of aromatic nitrogens is 1. The molecule has 2 atom stereocenters. The minimum Gasteiger partial charge on any atom is -0.427 e. The molecule has 3 heterocycles. The summed E-state index contributed by atoms with van der Waals surface area (Å²) in [6.45, 7) is 6.43. The van der Waals surface area contributed by atoms with Crippen LogP contribution < -0.4 is 5.32 Å². The third kappa shape index (κ3) is 6.92. The van der Waals surface area contributed by atoms with E-state index in [1.54, 1.807) is 26.3 Å². The molecule has 0 radical (unpaired) electrons. The van der Waals surface area contributed by atoms with Crippen LogP contribution in [-0.4, -0.2) is 57.6 Å². The van der Waals surface area contributed by atoms with Crippen molar-refractivity contribution < 1.29 is 28.7 Å². The van der Waals surface area contributed by atoms with Crippen LogP contribution in [0.4, 0.5) is 0 Å². The fourth-order valence-corrected chi connectivity index (χ4v) is 6.86. The van der Waals surface area contributed by atoms with E-state index < -0.39 is 41.5 Å². The van der Waals surface area contributed by atoms with Crippen molar-refractivity contribution in [2.24, 2.45) is 5.41 Å². The van der Waals surface area contributed by atoms with E-state index in [-0.39, 0.29) is 18.0 Å². The van der Waals surface area contributed by atoms with Crippen LogP contribution in [0.15, 0.2) is 51.9 Å². The fourth-order valence-electron chi connectivity index (χ4n) is 3.75. The molecule has 206 valence electrons. The smallest absolute Gasteiger partial charge is 0.358 e. The van der Waals surface area contributed by atoms with Gasteiger partial charge in [-0.05, 0) is 44.7 Å². The van der Waals surface area contributed by atoms with E-state index >= 15 is 0 Å². The molecule has 1 saturated heterocycles. The van der Waals surface area contributed by atoms with E-state index in [1.807, 2.05) is 48.7 Å². The van der Waals surface area contributed by atoms with Crippen molar-refractivity contribution in [2.45, 2.75) is 45.5 Å². The number of fused-ring (bicyclic) bond motifs is 1. The van der Waals surface area contributed by atoms with Crippen molar-refractivity contribution >= 4 is 64.7 Å². The molecule has 1 N–H and O–H groups in total. The number of thiazole rings is 1. The average molecular weight is 588 g/mol. The number of hydrogen-bond acceptors (Lipinski definition) is 10. The van der Waals surface area contributed by atoms with E-state index in [4.69, 9.17) is 9.47 Å². The fraction of sp³-hybridized carbons (Fsp3) is 0.370. The maximum atomic E-state index is 13.2. The summed E-state index contributed by atoms with van der Waals surface area (Å²) in [5, 5.41) is 4.20. The molecule has 2 aliphatic heterocycles. The van der Waals surface area contributed by atoms with Gasteiger partial charge in [-0.1, -0.05) is 42.1 Å². The second-order valence-electron chi connectivity index (χ2n) is 9.84. The Balaban J connectivity index is 1.48. The van der Waals surface area contributed by atoms with Crippen LogP contribution in [0.2, 0.25) is 0 Å². The zero-order chi connectivity index (χ0) is 28.2. The summed E-state index contributed by atoms with van der Waals surface area (Å²) in [4.78, 5) is 58.3. The number of carbonyl (C=O) groups is 4. The van der Waals surface area contributed by atoms with Gasteiger partial charge in [-0.3, -0.25) is 19.3 Å². The van der Waals surface area contributed by atoms with Crippen LogP contribution in [0.25, 0.3) is 6.08 Å². The highest BCUT2D eigenvalue weighted by molar-refractivity contribution is 8.08. The SMILES string of the molecule is Cc1ncsc1/C=C\SC1=C(C(=O)OCOC(=O)C(C)(C)C)N2C(=O)[C@@H](NC(=O)Cc3ccccc3)[C@H]2SC1. The van der Waals surface area contributed by atoms with E-state index in [2.05, 4.69) is 10.3 Å². The zero-order valence-corrected chi connectivity index (χ0v) is 24.4. The van der Waals surface area contributed by atoms with Gasteiger partial charge in [0.1, 0.15) is 17.1 Å². The number of aryl methyl sites for hydroxylation is 1. The standard InChI is InChI=1S/C27H29N3O6S3/c1-16-18(39-14-28-16)10-11-37-19-13-38-24-21(29-20(31)12-17-8-6-5-7-9-17)23(32)30(24)22(19)25(33)35-15-36-26(34)27(2,3)4/h5-11,14,21,24H,12-13,15H2,1-4H3,(H,29,31)/b11-10-/t21-,24-/m1/s1. The minimum absolute atomic E-state index is 0.0970. The van der Waals surface area contributed by atoms with Crippen LogP contribution in [0.3, 0.4) is 0 Å². The number of ether oxygens (including phenoxy) is 2. The van der Waals surface area contributed by atoms with Crippen molar-refractivity contribution in [3.8, 4) is 0 Å². The maximum absolute atomic E-state index is 13.2. The first-order valence-corrected chi connectivity index (χ1v) is 15.0. The number of thioether (sulfide) groups is 2. The van der Waals surface area contributed by atoms with Crippen molar-refractivity contribution in [2.75, 3.05) is 12.5 Å². The zero-order valence-electron chi connectivity index (χ0n) is 22.0. The normalized spacial score (nSPS) is 19.0. The molecule has 1 aromatic heterocycles. The molecule has 0 aliphatic carbocycles. The van der Waals surface area contributed by atoms with Crippen LogP contribution in [0.1, 0.15) is 36.9 Å². The molecule has 2 aliphatic rings. The summed E-state index contributed by atoms with van der Waals surface area (Å²) in [7, 11) is 0. The summed E-state index contributed by atoms with van der Waals surface area (Å²) in [5.41, 5.74) is 2.84. The lowest BCUT2D eigenvalue weighted by Gasteiger charge is -2.49. The van der Waals surface area contributed by atoms with Gasteiger partial charge in [0, 0.05) is 10.7 Å². The molecule has 1 fully saturated rings. The predicted octanol–water partition coefficient (Wildman–Crippen LogP) is 4.10. The number of nitrogens with zero attached hydrogens (tertiary/aromatic N) is 2. The predicted molar refractivity (Wildman–Crippen MR) is 152 cm³/mol. The molecule has 0 saturated carbocycles. The lowest BCUT2D eigenvalue weighted by Crippen LogP contribution is -2.70. The molecular formula is C27H29N3O6S3. The third-order valence-corrected chi connectivity index (χ3v) is 9.11. The first-order valence-electron chi connectivity index (χ1n) is 12.1. The lowest BCUT2D eigenvalue weighted by molar-refractivity contribution is -0.173. The summed E-state index contributed by atoms with van der Waals surface area (Å²) < 4.78 is 10.4. The van der Waals surface area contributed by atoms with Crippen molar-refractivity contribution in [3.63, 3.8) is 0 Å². The monoisotopic (exact) mass is 587 g/mol. The molecule has 39 heavy (non-hydrogen) atoms. The Hall–Kier alpha value is -3.09. The molecule has 0 spiro atoms. The molecule has 9 nitrogen and oxygen atoms in total. The Kier molecular flexibility index (Phi) is 9.19. The molecule has 1 aromatic carbocycles. The van der Waals surface area contributed by atoms with E-state index in [1.165, 1.54) is 39.8 Å². The second-order valence-corrected chi connectivity index (χ2v) is 12.8. The van der Waals surface area contributed by atoms with Gasteiger partial charge in [0.05, 0.1) is 27.9 Å². The summed E-state index contributed by atoms with van der Waals surface area (Å²) in [6.07, 6.45) is 2.05. The van der Waals surface area contributed by atoms with E-state index in [0.717, 1.165) is 16.1 Å². The number of esters is 2. The van der Waals surface area contributed by atoms with Gasteiger partial charge in [-0.25, -0.2) is 9.78 Å². The average Bonchev–Trinajstić information content (AvgIpc) is 3.31. The van der Waals surface area contributed by atoms with Crippen molar-refractivity contribution in [1.82, 2.24) is 15.2 Å². The first kappa shape index (κ1) is 28.9. The first-order chi connectivity index (χ1) is 18.6. The number of nitrogens with one attached hydrogen (secondary N) is 1. The van der Waals surface area contributed by atoms with E-state index in [0.29, 0.717) is 10.7 Å². The van der Waals surface area contributed by atoms with Crippen LogP contribution in [0, 0.1) is 12.3 Å². The number of β-lactam (4-membered cyclic amide) rings is 1. The Morgan fingerprint density at radius 3 is 2.62 bits per heavy atom. The molecule has 2 amide bonds. The minimum atomic E-state index is -0.769. The number of benzene rings is 1. The van der Waals surface area contributed by atoms with Gasteiger partial charge in [-0.2, -0.15) is 0 Å². The highest BCUT2D eigenvalue weighted by Gasteiger charge is 2.54. The topological polar surface area (TPSA) is 115 Å². The van der Waals surface area contributed by atoms with Crippen LogP contribution in [-0.2, 0) is 35.1 Å². The van der Waals surface area contributed by atoms with Crippen LogP contribution >= 0.6 is 34.9 Å². The Labute approximate surface area is 239 Å². The summed E-state index contributed by atoms with van der Waals surface area (Å²) in [6, 6.07) is 8.50. The highest BCUT2D eigenvalue weighted by atomic mass is 32.2. The summed E-state index contributed by atoms with van der Waals surface area (Å²) >= 11 is 4.27. The number of amides is 2. The maximum Gasteiger partial charge on any atom is 0.358 e. The van der Waals surface area contributed by atoms with Gasteiger partial charge in [0.25, 0.3) is 5.91 Å². The van der Waals surface area contributed by atoms with E-state index in [9.17, 15) is 19.2 Å².